The van der Waals surface area contributed by atoms with Gasteiger partial charge < -0.3 is 19.9 Å². The molecule has 7 nitrogen and oxygen atoms in total. The summed E-state index contributed by atoms with van der Waals surface area (Å²) in [4.78, 5) is 18.1. The second-order valence-electron chi connectivity index (χ2n) is 6.09. The highest BCUT2D eigenvalue weighted by atomic mass is 32.1. The van der Waals surface area contributed by atoms with Gasteiger partial charge in [-0.25, -0.2) is 9.97 Å². The van der Waals surface area contributed by atoms with Crippen LogP contribution in [0.25, 0.3) is 0 Å². The molecule has 2 fully saturated rings. The average Bonchev–Trinajstić information content (AvgIpc) is 3.18. The van der Waals surface area contributed by atoms with Crippen LogP contribution in [-0.4, -0.2) is 60.4 Å². The van der Waals surface area contributed by atoms with E-state index in [2.05, 4.69) is 25.1 Å². The van der Waals surface area contributed by atoms with Crippen molar-refractivity contribution in [3.05, 3.63) is 23.8 Å². The molecule has 0 amide bonds. The van der Waals surface area contributed by atoms with Gasteiger partial charge in [0, 0.05) is 50.0 Å². The molecular weight excluding hydrogens is 324 g/mol. The highest BCUT2D eigenvalue weighted by molar-refractivity contribution is 7.13. The predicted octanol–water partition coefficient (Wildman–Crippen LogP) is 1.85. The number of morpholine rings is 1. The van der Waals surface area contributed by atoms with Crippen LogP contribution in [0.1, 0.15) is 12.8 Å². The topological polar surface area (TPSA) is 66.4 Å². The van der Waals surface area contributed by atoms with Gasteiger partial charge in [0.2, 0.25) is 5.95 Å². The molecule has 0 aromatic carbocycles. The summed E-state index contributed by atoms with van der Waals surface area (Å²) in [6, 6.07) is 2.34. The summed E-state index contributed by atoms with van der Waals surface area (Å²) in [6.45, 7) is 5.23. The molecule has 1 unspecified atom stereocenters. The van der Waals surface area contributed by atoms with Crippen molar-refractivity contribution < 1.29 is 4.74 Å². The van der Waals surface area contributed by atoms with Gasteiger partial charge in [-0.3, -0.25) is 0 Å². The summed E-state index contributed by atoms with van der Waals surface area (Å²) in [7, 11) is 0. The summed E-state index contributed by atoms with van der Waals surface area (Å²) >= 11 is 1.70. The zero-order valence-electron chi connectivity index (χ0n) is 13.6. The summed E-state index contributed by atoms with van der Waals surface area (Å²) in [5.41, 5.74) is 0. The minimum atomic E-state index is 0.384. The summed E-state index contributed by atoms with van der Waals surface area (Å²) in [6.07, 6.45) is 6.02. The van der Waals surface area contributed by atoms with E-state index in [-0.39, 0.29) is 0 Å². The minimum Gasteiger partial charge on any atom is -0.378 e. The Balaban J connectivity index is 1.41. The molecule has 0 bridgehead atoms. The van der Waals surface area contributed by atoms with Crippen molar-refractivity contribution in [2.24, 2.45) is 0 Å². The molecule has 0 aliphatic carbocycles. The van der Waals surface area contributed by atoms with Crippen molar-refractivity contribution in [2.75, 3.05) is 54.5 Å². The van der Waals surface area contributed by atoms with Gasteiger partial charge in [-0.05, 0) is 18.9 Å². The molecule has 2 aliphatic heterocycles. The van der Waals surface area contributed by atoms with Gasteiger partial charge in [0.25, 0.3) is 0 Å². The van der Waals surface area contributed by atoms with Crippen molar-refractivity contribution in [3.8, 4) is 0 Å². The van der Waals surface area contributed by atoms with E-state index in [1.165, 1.54) is 6.42 Å². The van der Waals surface area contributed by atoms with Gasteiger partial charge in [0.1, 0.15) is 5.82 Å². The lowest BCUT2D eigenvalue weighted by Crippen LogP contribution is -2.42. The maximum Gasteiger partial charge on any atom is 0.227 e. The van der Waals surface area contributed by atoms with Gasteiger partial charge in [-0.1, -0.05) is 0 Å². The maximum absolute atomic E-state index is 5.40. The Labute approximate surface area is 145 Å². The molecule has 1 N–H and O–H groups in total. The lowest BCUT2D eigenvalue weighted by molar-refractivity contribution is 0.122. The quantitative estimate of drug-likeness (QED) is 0.906. The lowest BCUT2D eigenvalue weighted by atomic mass is 10.1. The van der Waals surface area contributed by atoms with E-state index < -0.39 is 0 Å². The summed E-state index contributed by atoms with van der Waals surface area (Å²) in [5.74, 6) is 1.69. The van der Waals surface area contributed by atoms with Gasteiger partial charge >= 0.3 is 0 Å². The number of aromatic nitrogens is 3. The van der Waals surface area contributed by atoms with Gasteiger partial charge in [0.15, 0.2) is 5.13 Å². The first-order valence-corrected chi connectivity index (χ1v) is 9.33. The SMILES string of the molecule is c1cc(NC2CCCN(c3nccs3)C2)nc(N2CCOCC2)n1. The molecule has 0 saturated carbocycles. The molecular formula is C16H22N6OS. The molecule has 8 heteroatoms. The first kappa shape index (κ1) is 15.6. The molecule has 1 atom stereocenters. The van der Waals surface area contributed by atoms with Gasteiger partial charge in [-0.15, -0.1) is 11.3 Å². The number of rotatable bonds is 4. The Bertz CT molecular complexity index is 646. The monoisotopic (exact) mass is 346 g/mol. The van der Waals surface area contributed by atoms with E-state index in [9.17, 15) is 0 Å². The van der Waals surface area contributed by atoms with Crippen molar-refractivity contribution >= 4 is 28.2 Å². The molecule has 0 radical (unpaired) electrons. The van der Waals surface area contributed by atoms with E-state index >= 15 is 0 Å². The van der Waals surface area contributed by atoms with E-state index in [0.717, 1.165) is 62.7 Å². The molecule has 2 aromatic heterocycles. The summed E-state index contributed by atoms with van der Waals surface area (Å²) < 4.78 is 5.40. The van der Waals surface area contributed by atoms with Crippen LogP contribution < -0.4 is 15.1 Å². The van der Waals surface area contributed by atoms with Gasteiger partial charge in [-0.2, -0.15) is 4.98 Å². The van der Waals surface area contributed by atoms with Crippen LogP contribution in [0.5, 0.6) is 0 Å². The number of piperidine rings is 1. The molecule has 4 rings (SSSR count). The minimum absolute atomic E-state index is 0.384. The molecule has 2 saturated heterocycles. The fourth-order valence-corrected chi connectivity index (χ4v) is 3.87. The number of anilines is 3. The average molecular weight is 346 g/mol. The Hall–Kier alpha value is -1.93. The van der Waals surface area contributed by atoms with Crippen LogP contribution in [0, 0.1) is 0 Å². The fourth-order valence-electron chi connectivity index (χ4n) is 3.19. The van der Waals surface area contributed by atoms with Crippen LogP contribution in [0.4, 0.5) is 16.9 Å². The smallest absolute Gasteiger partial charge is 0.227 e. The van der Waals surface area contributed by atoms with Crippen LogP contribution in [0.2, 0.25) is 0 Å². The first-order valence-electron chi connectivity index (χ1n) is 8.45. The zero-order chi connectivity index (χ0) is 16.2. The third-order valence-electron chi connectivity index (χ3n) is 4.40. The zero-order valence-corrected chi connectivity index (χ0v) is 14.4. The van der Waals surface area contributed by atoms with Crippen LogP contribution >= 0.6 is 11.3 Å². The highest BCUT2D eigenvalue weighted by Gasteiger charge is 2.22. The number of hydrogen-bond donors (Lipinski definition) is 1. The highest BCUT2D eigenvalue weighted by Crippen LogP contribution is 2.23. The van der Waals surface area contributed by atoms with Crippen LogP contribution in [0.15, 0.2) is 23.8 Å². The molecule has 2 aromatic rings. The van der Waals surface area contributed by atoms with E-state index in [4.69, 9.17) is 9.72 Å². The van der Waals surface area contributed by atoms with Crippen LogP contribution in [0.3, 0.4) is 0 Å². The Kier molecular flexibility index (Phi) is 4.75. The Morgan fingerprint density at radius 1 is 1.12 bits per heavy atom. The number of nitrogens with one attached hydrogen (secondary N) is 1. The number of hydrogen-bond acceptors (Lipinski definition) is 8. The largest absolute Gasteiger partial charge is 0.378 e. The number of thiazole rings is 1. The second kappa shape index (κ2) is 7.31. The van der Waals surface area contributed by atoms with Crippen molar-refractivity contribution in [1.29, 1.82) is 0 Å². The van der Waals surface area contributed by atoms with Gasteiger partial charge in [0.05, 0.1) is 13.2 Å². The normalized spacial score (nSPS) is 21.8. The third-order valence-corrected chi connectivity index (χ3v) is 5.23. The predicted molar refractivity (Wildman–Crippen MR) is 96.0 cm³/mol. The molecule has 0 spiro atoms. The van der Waals surface area contributed by atoms with Crippen molar-refractivity contribution in [3.63, 3.8) is 0 Å². The van der Waals surface area contributed by atoms with Crippen LogP contribution in [-0.2, 0) is 4.74 Å². The standard InChI is InChI=1S/C16H22N6OS/c1-2-13(12-22(6-1)16-18-5-11-24-16)19-14-3-4-17-15(20-14)21-7-9-23-10-8-21/h3-5,11,13H,1-2,6-10,12H2,(H,17,19,20). The molecule has 4 heterocycles. The van der Waals surface area contributed by atoms with E-state index in [1.54, 1.807) is 11.3 Å². The third kappa shape index (κ3) is 3.59. The van der Waals surface area contributed by atoms with Crippen molar-refractivity contribution in [1.82, 2.24) is 15.0 Å². The summed E-state index contributed by atoms with van der Waals surface area (Å²) in [5, 5.41) is 6.72. The Morgan fingerprint density at radius 3 is 2.88 bits per heavy atom. The van der Waals surface area contributed by atoms with Crippen molar-refractivity contribution in [2.45, 2.75) is 18.9 Å². The Morgan fingerprint density at radius 2 is 2.04 bits per heavy atom. The fraction of sp³-hybridized carbons (Fsp3) is 0.562. The number of ether oxygens (including phenoxy) is 1. The first-order chi connectivity index (χ1) is 11.9. The van der Waals surface area contributed by atoms with E-state index in [0.29, 0.717) is 6.04 Å². The number of nitrogens with zero attached hydrogens (tertiary/aromatic N) is 5. The van der Waals surface area contributed by atoms with E-state index in [1.807, 2.05) is 23.8 Å². The lowest BCUT2D eigenvalue weighted by Gasteiger charge is -2.33. The second-order valence-corrected chi connectivity index (χ2v) is 6.96. The molecule has 128 valence electrons. The molecule has 2 aliphatic rings. The molecule has 24 heavy (non-hydrogen) atoms. The maximum atomic E-state index is 5.40.